The summed E-state index contributed by atoms with van der Waals surface area (Å²) < 4.78 is 11.4. The molecule has 0 saturated carbocycles. The molecule has 0 bridgehead atoms. The first-order valence-electron chi connectivity index (χ1n) is 6.92. The van der Waals surface area contributed by atoms with E-state index in [-0.39, 0.29) is 12.1 Å². The lowest BCUT2D eigenvalue weighted by Crippen LogP contribution is -2.31. The normalized spacial score (nSPS) is 14.7. The highest BCUT2D eigenvalue weighted by atomic mass is 16.5. The van der Waals surface area contributed by atoms with Crippen LogP contribution in [0.1, 0.15) is 37.6 Å². The molecule has 0 saturated heterocycles. The molecule has 1 heterocycles. The molecule has 1 aromatic heterocycles. The van der Waals surface area contributed by atoms with E-state index in [4.69, 9.17) is 9.15 Å². The van der Waals surface area contributed by atoms with Crippen molar-refractivity contribution in [2.45, 2.75) is 39.3 Å². The molecular weight excluding hydrogens is 238 g/mol. The van der Waals surface area contributed by atoms with Crippen molar-refractivity contribution in [3.05, 3.63) is 35.6 Å². The number of benzene rings is 1. The number of aryl methyl sites for hydroxylation is 1. The Morgan fingerprint density at radius 3 is 2.79 bits per heavy atom. The SMILES string of the molecule is CCCNC(c1cc2cc(C)ccc2o1)C(C)OC. The average molecular weight is 261 g/mol. The van der Waals surface area contributed by atoms with Crippen LogP contribution in [-0.4, -0.2) is 19.8 Å². The Balaban J connectivity index is 2.32. The Morgan fingerprint density at radius 2 is 2.11 bits per heavy atom. The van der Waals surface area contributed by atoms with Crippen LogP contribution in [0.2, 0.25) is 0 Å². The van der Waals surface area contributed by atoms with Gasteiger partial charge < -0.3 is 14.5 Å². The Hall–Kier alpha value is -1.32. The first kappa shape index (κ1) is 14.1. The summed E-state index contributed by atoms with van der Waals surface area (Å²) >= 11 is 0. The molecule has 2 unspecified atom stereocenters. The van der Waals surface area contributed by atoms with E-state index in [0.29, 0.717) is 0 Å². The van der Waals surface area contributed by atoms with Crippen LogP contribution in [0.4, 0.5) is 0 Å². The minimum Gasteiger partial charge on any atom is -0.459 e. The summed E-state index contributed by atoms with van der Waals surface area (Å²) in [5.74, 6) is 0.948. The van der Waals surface area contributed by atoms with Crippen LogP contribution in [0.15, 0.2) is 28.7 Å². The number of hydrogen-bond acceptors (Lipinski definition) is 3. The van der Waals surface area contributed by atoms with Crippen LogP contribution in [0, 0.1) is 6.92 Å². The van der Waals surface area contributed by atoms with E-state index < -0.39 is 0 Å². The van der Waals surface area contributed by atoms with Crippen LogP contribution in [0.25, 0.3) is 11.0 Å². The molecule has 19 heavy (non-hydrogen) atoms. The van der Waals surface area contributed by atoms with Crippen molar-refractivity contribution < 1.29 is 9.15 Å². The Labute approximate surface area is 114 Å². The number of fused-ring (bicyclic) bond motifs is 1. The van der Waals surface area contributed by atoms with Crippen molar-refractivity contribution in [1.82, 2.24) is 5.32 Å². The van der Waals surface area contributed by atoms with Crippen molar-refractivity contribution >= 4 is 11.0 Å². The van der Waals surface area contributed by atoms with E-state index in [2.05, 4.69) is 44.3 Å². The third-order valence-corrected chi connectivity index (χ3v) is 3.45. The summed E-state index contributed by atoms with van der Waals surface area (Å²) in [5.41, 5.74) is 2.19. The number of furan rings is 1. The van der Waals surface area contributed by atoms with Crippen LogP contribution in [0.3, 0.4) is 0 Å². The van der Waals surface area contributed by atoms with Gasteiger partial charge in [-0.2, -0.15) is 0 Å². The number of ether oxygens (including phenoxy) is 1. The zero-order valence-corrected chi connectivity index (χ0v) is 12.2. The van der Waals surface area contributed by atoms with Gasteiger partial charge in [0.25, 0.3) is 0 Å². The molecule has 2 aromatic rings. The summed E-state index contributed by atoms with van der Waals surface area (Å²) in [6.07, 6.45) is 1.17. The molecule has 0 aliphatic heterocycles. The summed E-state index contributed by atoms with van der Waals surface area (Å²) in [5, 5.41) is 4.65. The van der Waals surface area contributed by atoms with Gasteiger partial charge in [0.05, 0.1) is 12.1 Å². The molecule has 3 nitrogen and oxygen atoms in total. The van der Waals surface area contributed by atoms with Gasteiger partial charge in [0.2, 0.25) is 0 Å². The molecule has 3 heteroatoms. The molecule has 0 aliphatic rings. The molecule has 1 N–H and O–H groups in total. The molecular formula is C16H23NO2. The molecule has 0 fully saturated rings. The highest BCUT2D eigenvalue weighted by Crippen LogP contribution is 2.27. The van der Waals surface area contributed by atoms with Crippen LogP contribution < -0.4 is 5.32 Å². The van der Waals surface area contributed by atoms with Crippen LogP contribution in [0.5, 0.6) is 0 Å². The first-order valence-corrected chi connectivity index (χ1v) is 6.92. The van der Waals surface area contributed by atoms with E-state index in [9.17, 15) is 0 Å². The Bertz CT molecular complexity index is 533. The average Bonchev–Trinajstić information content (AvgIpc) is 2.81. The number of nitrogens with one attached hydrogen (secondary N) is 1. The van der Waals surface area contributed by atoms with Gasteiger partial charge in [-0.25, -0.2) is 0 Å². The zero-order valence-electron chi connectivity index (χ0n) is 12.2. The maximum absolute atomic E-state index is 5.96. The zero-order chi connectivity index (χ0) is 13.8. The lowest BCUT2D eigenvalue weighted by atomic mass is 10.1. The molecule has 2 atom stereocenters. The van der Waals surface area contributed by atoms with Gasteiger partial charge in [-0.15, -0.1) is 0 Å². The largest absolute Gasteiger partial charge is 0.459 e. The van der Waals surface area contributed by atoms with Crippen LogP contribution >= 0.6 is 0 Å². The van der Waals surface area contributed by atoms with Gasteiger partial charge in [0, 0.05) is 12.5 Å². The Kier molecular flexibility index (Phi) is 4.61. The molecule has 0 radical (unpaired) electrons. The van der Waals surface area contributed by atoms with Crippen molar-refractivity contribution in [1.29, 1.82) is 0 Å². The third kappa shape index (κ3) is 3.17. The third-order valence-electron chi connectivity index (χ3n) is 3.45. The van der Waals surface area contributed by atoms with Gasteiger partial charge in [-0.1, -0.05) is 18.6 Å². The van der Waals surface area contributed by atoms with Crippen molar-refractivity contribution in [3.63, 3.8) is 0 Å². The lowest BCUT2D eigenvalue weighted by Gasteiger charge is -2.22. The van der Waals surface area contributed by atoms with Crippen molar-refractivity contribution in [2.24, 2.45) is 0 Å². The highest BCUT2D eigenvalue weighted by Gasteiger charge is 2.22. The fourth-order valence-electron chi connectivity index (χ4n) is 2.27. The minimum atomic E-state index is 0.0770. The second kappa shape index (κ2) is 6.22. The maximum Gasteiger partial charge on any atom is 0.134 e. The van der Waals surface area contributed by atoms with Gasteiger partial charge in [-0.3, -0.25) is 0 Å². The van der Waals surface area contributed by atoms with Gasteiger partial charge in [0.1, 0.15) is 11.3 Å². The fourth-order valence-corrected chi connectivity index (χ4v) is 2.27. The topological polar surface area (TPSA) is 34.4 Å². The number of methoxy groups -OCH3 is 1. The molecule has 104 valence electrons. The molecule has 0 spiro atoms. The second-order valence-electron chi connectivity index (χ2n) is 5.06. The van der Waals surface area contributed by atoms with Crippen LogP contribution in [-0.2, 0) is 4.74 Å². The summed E-state index contributed by atoms with van der Waals surface area (Å²) in [4.78, 5) is 0. The fraction of sp³-hybridized carbons (Fsp3) is 0.500. The molecule has 0 amide bonds. The van der Waals surface area contributed by atoms with E-state index >= 15 is 0 Å². The molecule has 2 rings (SSSR count). The van der Waals surface area contributed by atoms with Crippen molar-refractivity contribution in [2.75, 3.05) is 13.7 Å². The quantitative estimate of drug-likeness (QED) is 0.858. The highest BCUT2D eigenvalue weighted by molar-refractivity contribution is 5.78. The smallest absolute Gasteiger partial charge is 0.134 e. The van der Waals surface area contributed by atoms with Gasteiger partial charge in [-0.05, 0) is 45.0 Å². The van der Waals surface area contributed by atoms with Crippen molar-refractivity contribution in [3.8, 4) is 0 Å². The monoisotopic (exact) mass is 261 g/mol. The first-order chi connectivity index (χ1) is 9.15. The Morgan fingerprint density at radius 1 is 1.32 bits per heavy atom. The lowest BCUT2D eigenvalue weighted by molar-refractivity contribution is 0.0760. The predicted octanol–water partition coefficient (Wildman–Crippen LogP) is 3.82. The summed E-state index contributed by atoms with van der Waals surface area (Å²) in [6.45, 7) is 7.26. The predicted molar refractivity (Wildman–Crippen MR) is 78.5 cm³/mol. The molecule has 0 aliphatic carbocycles. The summed E-state index contributed by atoms with van der Waals surface area (Å²) in [6, 6.07) is 8.46. The van der Waals surface area contributed by atoms with Gasteiger partial charge >= 0.3 is 0 Å². The van der Waals surface area contributed by atoms with E-state index in [1.165, 1.54) is 5.56 Å². The minimum absolute atomic E-state index is 0.0770. The van der Waals surface area contributed by atoms with E-state index in [1.807, 2.05) is 6.07 Å². The number of rotatable bonds is 6. The molecule has 1 aromatic carbocycles. The number of hydrogen-bond donors (Lipinski definition) is 1. The van der Waals surface area contributed by atoms with Gasteiger partial charge in [0.15, 0.2) is 0 Å². The standard InChI is InChI=1S/C16H23NO2/c1-5-8-17-16(12(3)18-4)15-10-13-9-11(2)6-7-14(13)19-15/h6-7,9-10,12,16-17H,5,8H2,1-4H3. The summed E-state index contributed by atoms with van der Waals surface area (Å²) in [7, 11) is 1.73. The second-order valence-corrected chi connectivity index (χ2v) is 5.06. The van der Waals surface area contributed by atoms with E-state index in [0.717, 1.165) is 29.7 Å². The maximum atomic E-state index is 5.96. The van der Waals surface area contributed by atoms with E-state index in [1.54, 1.807) is 7.11 Å².